The molecule has 0 aliphatic heterocycles. The van der Waals surface area contributed by atoms with Gasteiger partial charge in [-0.25, -0.2) is 4.79 Å². The van der Waals surface area contributed by atoms with Crippen molar-refractivity contribution in [2.75, 3.05) is 0 Å². The van der Waals surface area contributed by atoms with Crippen LogP contribution in [0.3, 0.4) is 0 Å². The van der Waals surface area contributed by atoms with Gasteiger partial charge in [-0.2, -0.15) is 0 Å². The summed E-state index contributed by atoms with van der Waals surface area (Å²) in [5.41, 5.74) is -0.414. The van der Waals surface area contributed by atoms with Crippen LogP contribution in [-0.4, -0.2) is 11.1 Å². The van der Waals surface area contributed by atoms with E-state index < -0.39 is 16.8 Å². The number of benzene rings is 2. The first-order valence-electron chi connectivity index (χ1n) is 5.45. The van der Waals surface area contributed by atoms with Crippen molar-refractivity contribution in [1.82, 2.24) is 0 Å². The predicted octanol–water partition coefficient (Wildman–Crippen LogP) is 3.83. The van der Waals surface area contributed by atoms with Crippen LogP contribution in [0.5, 0.6) is 11.5 Å². The van der Waals surface area contributed by atoms with E-state index in [4.69, 9.17) is 21.1 Å². The van der Waals surface area contributed by atoms with Gasteiger partial charge in [-0.3, -0.25) is 10.1 Å². The van der Waals surface area contributed by atoms with Crippen molar-refractivity contribution in [3.8, 4) is 11.5 Å². The molecule has 0 spiro atoms. The molecule has 7 heteroatoms. The van der Waals surface area contributed by atoms with Crippen LogP contribution in [0.25, 0.3) is 0 Å². The van der Waals surface area contributed by atoms with Crippen molar-refractivity contribution in [1.29, 1.82) is 0 Å². The number of carbonyl (C=O) groups excluding carboxylic acids is 1. The van der Waals surface area contributed by atoms with E-state index in [1.54, 1.807) is 30.3 Å². The first-order valence-corrected chi connectivity index (χ1v) is 5.83. The molecule has 102 valence electrons. The van der Waals surface area contributed by atoms with Gasteiger partial charge in [0.15, 0.2) is 0 Å². The van der Waals surface area contributed by atoms with Crippen LogP contribution in [-0.2, 0) is 0 Å². The smallest absolute Gasteiger partial charge is 0.395 e. The third-order valence-corrected chi connectivity index (χ3v) is 2.49. The number of carbonyl (C=O) groups is 1. The summed E-state index contributed by atoms with van der Waals surface area (Å²) in [7, 11) is 0. The van der Waals surface area contributed by atoms with Gasteiger partial charge in [-0.15, -0.1) is 0 Å². The second-order valence-corrected chi connectivity index (χ2v) is 4.07. The minimum atomic E-state index is -1.07. The molecule has 0 saturated carbocycles. The van der Waals surface area contributed by atoms with Crippen molar-refractivity contribution >= 4 is 23.4 Å². The molecule has 6 nitrogen and oxygen atoms in total. The van der Waals surface area contributed by atoms with E-state index in [0.717, 1.165) is 6.07 Å². The summed E-state index contributed by atoms with van der Waals surface area (Å²) in [6, 6.07) is 11.9. The number of halogens is 1. The predicted molar refractivity (Wildman–Crippen MR) is 71.2 cm³/mol. The Hall–Kier alpha value is -2.60. The van der Waals surface area contributed by atoms with Gasteiger partial charge in [-0.05, 0) is 24.3 Å². The maximum Gasteiger partial charge on any atom is 0.519 e. The van der Waals surface area contributed by atoms with Gasteiger partial charge in [0.2, 0.25) is 5.75 Å². The Labute approximate surface area is 118 Å². The lowest BCUT2D eigenvalue weighted by atomic mass is 10.3. The molecule has 0 N–H and O–H groups in total. The summed E-state index contributed by atoms with van der Waals surface area (Å²) in [6.07, 6.45) is -1.07. The quantitative estimate of drug-likeness (QED) is 0.372. The Morgan fingerprint density at radius 3 is 2.45 bits per heavy atom. The molecule has 2 aromatic rings. The fourth-order valence-corrected chi connectivity index (χ4v) is 1.58. The second-order valence-electron chi connectivity index (χ2n) is 3.64. The summed E-state index contributed by atoms with van der Waals surface area (Å²) in [4.78, 5) is 21.7. The first-order chi connectivity index (χ1) is 9.56. The van der Waals surface area contributed by atoms with E-state index in [1.807, 2.05) is 0 Å². The van der Waals surface area contributed by atoms with Crippen molar-refractivity contribution in [3.05, 3.63) is 63.7 Å². The Morgan fingerprint density at radius 1 is 1.10 bits per heavy atom. The molecular formula is C13H8ClNO5. The van der Waals surface area contributed by atoms with E-state index >= 15 is 0 Å². The monoisotopic (exact) mass is 293 g/mol. The highest BCUT2D eigenvalue weighted by molar-refractivity contribution is 6.30. The maximum absolute atomic E-state index is 11.5. The molecule has 0 aliphatic rings. The number of nitro benzene ring substituents is 1. The summed E-state index contributed by atoms with van der Waals surface area (Å²) in [6.45, 7) is 0. The molecule has 0 saturated heterocycles. The van der Waals surface area contributed by atoms with Gasteiger partial charge >= 0.3 is 11.8 Å². The molecule has 2 aromatic carbocycles. The summed E-state index contributed by atoms with van der Waals surface area (Å²) in [5.74, 6) is 0.0365. The van der Waals surface area contributed by atoms with Gasteiger partial charge in [0.25, 0.3) is 0 Å². The number of rotatable bonds is 3. The molecule has 20 heavy (non-hydrogen) atoms. The minimum Gasteiger partial charge on any atom is -0.395 e. The molecule has 0 atom stereocenters. The molecular weight excluding hydrogens is 286 g/mol. The van der Waals surface area contributed by atoms with Gasteiger partial charge in [0.1, 0.15) is 5.75 Å². The van der Waals surface area contributed by atoms with Crippen molar-refractivity contribution < 1.29 is 19.2 Å². The lowest BCUT2D eigenvalue weighted by molar-refractivity contribution is -0.385. The van der Waals surface area contributed by atoms with Gasteiger partial charge in [0, 0.05) is 11.1 Å². The molecule has 0 aliphatic carbocycles. The van der Waals surface area contributed by atoms with E-state index in [0.29, 0.717) is 0 Å². The zero-order chi connectivity index (χ0) is 14.5. The van der Waals surface area contributed by atoms with E-state index in [9.17, 15) is 14.9 Å². The molecule has 0 bridgehead atoms. The summed E-state index contributed by atoms with van der Waals surface area (Å²) < 4.78 is 9.67. The van der Waals surface area contributed by atoms with Crippen molar-refractivity contribution in [3.63, 3.8) is 0 Å². The van der Waals surface area contributed by atoms with E-state index in [-0.39, 0.29) is 16.5 Å². The molecule has 0 fully saturated rings. The number of para-hydroxylation sites is 1. The van der Waals surface area contributed by atoms with Gasteiger partial charge < -0.3 is 9.47 Å². The van der Waals surface area contributed by atoms with Crippen LogP contribution in [0.2, 0.25) is 5.02 Å². The fraction of sp³-hybridized carbons (Fsp3) is 0. The lowest BCUT2D eigenvalue weighted by Crippen LogP contribution is -2.14. The average molecular weight is 294 g/mol. The number of hydrogen-bond acceptors (Lipinski definition) is 5. The van der Waals surface area contributed by atoms with Crippen LogP contribution < -0.4 is 9.47 Å². The Kier molecular flexibility index (Phi) is 4.17. The van der Waals surface area contributed by atoms with Crippen LogP contribution in [0, 0.1) is 10.1 Å². The van der Waals surface area contributed by atoms with Crippen molar-refractivity contribution in [2.24, 2.45) is 0 Å². The zero-order valence-corrected chi connectivity index (χ0v) is 10.7. The van der Waals surface area contributed by atoms with Crippen LogP contribution in [0.15, 0.2) is 48.5 Å². The molecule has 0 radical (unpaired) electrons. The number of nitrogens with zero attached hydrogens (tertiary/aromatic N) is 1. The zero-order valence-electron chi connectivity index (χ0n) is 9.99. The van der Waals surface area contributed by atoms with Gasteiger partial charge in [-0.1, -0.05) is 29.8 Å². The standard InChI is InChI=1S/C13H8ClNO5/c14-9-6-7-12(11(8-9)15(17)18)20-13(16)19-10-4-2-1-3-5-10/h1-8H. The average Bonchev–Trinajstić information content (AvgIpc) is 2.41. The number of ether oxygens (including phenoxy) is 2. The Bertz CT molecular complexity index is 644. The Morgan fingerprint density at radius 2 is 1.80 bits per heavy atom. The summed E-state index contributed by atoms with van der Waals surface area (Å²) in [5, 5.41) is 11.0. The number of nitro groups is 1. The lowest BCUT2D eigenvalue weighted by Gasteiger charge is -2.06. The topological polar surface area (TPSA) is 78.7 Å². The van der Waals surface area contributed by atoms with Crippen LogP contribution >= 0.6 is 11.6 Å². The highest BCUT2D eigenvalue weighted by Crippen LogP contribution is 2.30. The largest absolute Gasteiger partial charge is 0.519 e. The molecule has 0 amide bonds. The number of hydrogen-bond donors (Lipinski definition) is 0. The first kappa shape index (κ1) is 13.8. The summed E-state index contributed by atoms with van der Waals surface area (Å²) >= 11 is 5.65. The molecule has 2 rings (SSSR count). The molecule has 0 unspecified atom stereocenters. The minimum absolute atomic E-state index is 0.167. The third-order valence-electron chi connectivity index (χ3n) is 2.26. The molecule has 0 aromatic heterocycles. The Balaban J connectivity index is 2.14. The third kappa shape index (κ3) is 3.46. The van der Waals surface area contributed by atoms with Crippen LogP contribution in [0.1, 0.15) is 0 Å². The van der Waals surface area contributed by atoms with Crippen LogP contribution in [0.4, 0.5) is 10.5 Å². The SMILES string of the molecule is O=C(Oc1ccccc1)Oc1ccc(Cl)cc1[N+](=O)[O-]. The highest BCUT2D eigenvalue weighted by Gasteiger charge is 2.19. The second kappa shape index (κ2) is 6.03. The van der Waals surface area contributed by atoms with E-state index in [1.165, 1.54) is 12.1 Å². The van der Waals surface area contributed by atoms with Crippen molar-refractivity contribution in [2.45, 2.75) is 0 Å². The highest BCUT2D eigenvalue weighted by atomic mass is 35.5. The maximum atomic E-state index is 11.5. The molecule has 0 heterocycles. The van der Waals surface area contributed by atoms with Gasteiger partial charge in [0.05, 0.1) is 4.92 Å². The fourth-order valence-electron chi connectivity index (χ4n) is 1.41. The normalized spacial score (nSPS) is 9.85. The van der Waals surface area contributed by atoms with E-state index in [2.05, 4.69) is 0 Å².